The van der Waals surface area contributed by atoms with Gasteiger partial charge in [-0.2, -0.15) is 0 Å². The summed E-state index contributed by atoms with van der Waals surface area (Å²) in [6, 6.07) is 8.23. The molecule has 0 saturated carbocycles. The van der Waals surface area contributed by atoms with Gasteiger partial charge < -0.3 is 10.2 Å². The van der Waals surface area contributed by atoms with E-state index in [0.717, 1.165) is 18.8 Å². The fraction of sp³-hybridized carbons (Fsp3) is 0.500. The summed E-state index contributed by atoms with van der Waals surface area (Å²) in [7, 11) is 0. The van der Waals surface area contributed by atoms with Crippen molar-refractivity contribution in [3.63, 3.8) is 0 Å². The van der Waals surface area contributed by atoms with Crippen molar-refractivity contribution in [3.05, 3.63) is 35.4 Å². The van der Waals surface area contributed by atoms with E-state index in [-0.39, 0.29) is 12.6 Å². The van der Waals surface area contributed by atoms with Crippen LogP contribution >= 0.6 is 0 Å². The maximum Gasteiger partial charge on any atom is 0.290 e. The van der Waals surface area contributed by atoms with E-state index in [9.17, 15) is 5.11 Å². The third-order valence-corrected chi connectivity index (χ3v) is 2.03. The number of aliphatic hydroxyl groups is 1. The highest BCUT2D eigenvalue weighted by molar-refractivity contribution is 5.33. The molecule has 0 bridgehead atoms. The first kappa shape index (κ1) is 15.7. The number of carboxylic acid groups (broad SMARTS) is 1. The molecule has 1 aromatic carbocycles. The van der Waals surface area contributed by atoms with Gasteiger partial charge in [0.05, 0.1) is 6.10 Å². The smallest absolute Gasteiger partial charge is 0.290 e. The number of hydrogen-bond donors (Lipinski definition) is 2. The first-order valence-corrected chi connectivity index (χ1v) is 5.84. The van der Waals surface area contributed by atoms with Crippen molar-refractivity contribution in [2.75, 3.05) is 0 Å². The molecule has 0 heterocycles. The zero-order valence-electron chi connectivity index (χ0n) is 10.8. The zero-order valence-corrected chi connectivity index (χ0v) is 10.8. The van der Waals surface area contributed by atoms with Gasteiger partial charge in [-0.3, -0.25) is 4.79 Å². The quantitative estimate of drug-likeness (QED) is 0.683. The Morgan fingerprint density at radius 3 is 1.76 bits per heavy atom. The van der Waals surface area contributed by atoms with Gasteiger partial charge in [0.1, 0.15) is 0 Å². The lowest BCUT2D eigenvalue weighted by atomic mass is 10.1. The molecule has 0 amide bonds. The Morgan fingerprint density at radius 2 is 1.47 bits per heavy atom. The first-order valence-electron chi connectivity index (χ1n) is 5.84. The summed E-state index contributed by atoms with van der Waals surface area (Å²) in [6.45, 7) is 6.25. The van der Waals surface area contributed by atoms with E-state index in [1.54, 1.807) is 0 Å². The van der Waals surface area contributed by atoms with Crippen molar-refractivity contribution < 1.29 is 15.0 Å². The molecule has 0 saturated heterocycles. The fourth-order valence-corrected chi connectivity index (χ4v) is 1.54. The van der Waals surface area contributed by atoms with Crippen LogP contribution in [0.3, 0.4) is 0 Å². The maximum absolute atomic E-state index is 9.25. The molecule has 1 aromatic rings. The molecule has 0 unspecified atom stereocenters. The molecule has 1 aliphatic carbocycles. The normalized spacial score (nSPS) is 13.0. The van der Waals surface area contributed by atoms with E-state index >= 15 is 0 Å². The van der Waals surface area contributed by atoms with Crippen LogP contribution in [-0.2, 0) is 17.6 Å². The Bertz CT molecular complexity index is 293. The molecule has 2 rings (SSSR count). The SMILES string of the molecule is CC(C)C.O=CO.OC1Cc2ccccc2C1. The van der Waals surface area contributed by atoms with Crippen molar-refractivity contribution in [1.82, 2.24) is 0 Å². The minimum Gasteiger partial charge on any atom is -0.483 e. The van der Waals surface area contributed by atoms with E-state index in [4.69, 9.17) is 9.90 Å². The lowest BCUT2D eigenvalue weighted by Gasteiger charge is -1.93. The summed E-state index contributed by atoms with van der Waals surface area (Å²) < 4.78 is 0. The Morgan fingerprint density at radius 1 is 1.18 bits per heavy atom. The summed E-state index contributed by atoms with van der Waals surface area (Å²) in [5.41, 5.74) is 2.63. The van der Waals surface area contributed by atoms with Crippen LogP contribution in [0.1, 0.15) is 31.9 Å². The van der Waals surface area contributed by atoms with Crippen LogP contribution < -0.4 is 0 Å². The lowest BCUT2D eigenvalue weighted by Crippen LogP contribution is -2.03. The van der Waals surface area contributed by atoms with Crippen molar-refractivity contribution in [3.8, 4) is 0 Å². The molecule has 0 atom stereocenters. The second-order valence-electron chi connectivity index (χ2n) is 4.67. The number of carbonyl (C=O) groups is 1. The summed E-state index contributed by atoms with van der Waals surface area (Å²) in [6.07, 6.45) is 1.56. The van der Waals surface area contributed by atoms with Crippen molar-refractivity contribution in [1.29, 1.82) is 0 Å². The van der Waals surface area contributed by atoms with Gasteiger partial charge >= 0.3 is 0 Å². The third kappa shape index (κ3) is 7.53. The average molecular weight is 238 g/mol. The molecule has 3 nitrogen and oxygen atoms in total. The van der Waals surface area contributed by atoms with E-state index in [2.05, 4.69) is 32.9 Å². The van der Waals surface area contributed by atoms with Crippen LogP contribution in [0.2, 0.25) is 0 Å². The molecule has 0 fully saturated rings. The molecular weight excluding hydrogens is 216 g/mol. The van der Waals surface area contributed by atoms with Crippen LogP contribution in [0.4, 0.5) is 0 Å². The molecular formula is C14H22O3. The minimum atomic E-state index is -0.250. The van der Waals surface area contributed by atoms with Crippen molar-refractivity contribution >= 4 is 6.47 Å². The largest absolute Gasteiger partial charge is 0.483 e. The highest BCUT2D eigenvalue weighted by Gasteiger charge is 2.17. The number of rotatable bonds is 0. The van der Waals surface area contributed by atoms with Gasteiger partial charge in [0, 0.05) is 0 Å². The van der Waals surface area contributed by atoms with Gasteiger partial charge in [0.15, 0.2) is 0 Å². The second-order valence-corrected chi connectivity index (χ2v) is 4.67. The van der Waals surface area contributed by atoms with Gasteiger partial charge in [0.2, 0.25) is 0 Å². The Labute approximate surface area is 103 Å². The Balaban J connectivity index is 0.000000311. The Kier molecular flexibility index (Phi) is 8.07. The van der Waals surface area contributed by atoms with Crippen LogP contribution in [0.25, 0.3) is 0 Å². The molecule has 0 aliphatic heterocycles. The molecule has 3 heteroatoms. The predicted octanol–water partition coefficient (Wildman–Crippen LogP) is 2.51. The standard InChI is InChI=1S/C9H10O.C4H10.CH2O2/c10-9-5-7-3-1-2-4-8(7)6-9;1-4(2)3;2-1-3/h1-4,9-10H,5-6H2;4H,1-3H3;1H,(H,2,3). The van der Waals surface area contributed by atoms with E-state index in [1.165, 1.54) is 11.1 Å². The first-order chi connectivity index (χ1) is 8.01. The third-order valence-electron chi connectivity index (χ3n) is 2.03. The molecule has 2 N–H and O–H groups in total. The van der Waals surface area contributed by atoms with Crippen LogP contribution in [0.15, 0.2) is 24.3 Å². The molecule has 17 heavy (non-hydrogen) atoms. The molecule has 1 aliphatic rings. The zero-order chi connectivity index (χ0) is 13.3. The van der Waals surface area contributed by atoms with Gasteiger partial charge in [0.25, 0.3) is 6.47 Å². The molecule has 0 aromatic heterocycles. The lowest BCUT2D eigenvalue weighted by molar-refractivity contribution is -0.122. The van der Waals surface area contributed by atoms with Gasteiger partial charge in [-0.05, 0) is 29.9 Å². The number of aliphatic hydroxyl groups excluding tert-OH is 1. The highest BCUT2D eigenvalue weighted by atomic mass is 16.3. The van der Waals surface area contributed by atoms with Crippen LogP contribution in [0, 0.1) is 5.92 Å². The fourth-order valence-electron chi connectivity index (χ4n) is 1.54. The molecule has 96 valence electrons. The highest BCUT2D eigenvalue weighted by Crippen LogP contribution is 2.20. The molecule has 0 spiro atoms. The van der Waals surface area contributed by atoms with E-state index in [0.29, 0.717) is 0 Å². The van der Waals surface area contributed by atoms with E-state index in [1.807, 2.05) is 12.1 Å². The predicted molar refractivity (Wildman–Crippen MR) is 69.1 cm³/mol. The van der Waals surface area contributed by atoms with Crippen LogP contribution in [-0.4, -0.2) is 22.8 Å². The summed E-state index contributed by atoms with van der Waals surface area (Å²) in [5, 5.41) is 16.1. The number of fused-ring (bicyclic) bond motifs is 1. The second kappa shape index (κ2) is 8.76. The van der Waals surface area contributed by atoms with Crippen molar-refractivity contribution in [2.24, 2.45) is 5.92 Å². The number of benzene rings is 1. The summed E-state index contributed by atoms with van der Waals surface area (Å²) in [5.74, 6) is 0.833. The topological polar surface area (TPSA) is 57.5 Å². The summed E-state index contributed by atoms with van der Waals surface area (Å²) >= 11 is 0. The summed E-state index contributed by atoms with van der Waals surface area (Å²) in [4.78, 5) is 8.36. The van der Waals surface area contributed by atoms with Gasteiger partial charge in [-0.15, -0.1) is 0 Å². The Hall–Kier alpha value is -1.35. The monoisotopic (exact) mass is 238 g/mol. The molecule has 0 radical (unpaired) electrons. The average Bonchev–Trinajstić information content (AvgIpc) is 2.57. The minimum absolute atomic E-state index is 0.127. The van der Waals surface area contributed by atoms with E-state index < -0.39 is 0 Å². The van der Waals surface area contributed by atoms with Gasteiger partial charge in [-0.1, -0.05) is 45.0 Å². The van der Waals surface area contributed by atoms with Crippen LogP contribution in [0.5, 0.6) is 0 Å². The number of hydrogen-bond acceptors (Lipinski definition) is 2. The maximum atomic E-state index is 9.25. The van der Waals surface area contributed by atoms with Gasteiger partial charge in [-0.25, -0.2) is 0 Å². The van der Waals surface area contributed by atoms with Crippen molar-refractivity contribution in [2.45, 2.75) is 39.7 Å².